The summed E-state index contributed by atoms with van der Waals surface area (Å²) in [5.41, 5.74) is 3.95. The molecule has 0 aliphatic carbocycles. The van der Waals surface area contributed by atoms with Gasteiger partial charge in [0, 0.05) is 50.7 Å². The Morgan fingerprint density at radius 1 is 1.18 bits per heavy atom. The van der Waals surface area contributed by atoms with E-state index in [2.05, 4.69) is 25.8 Å². The first-order valence-corrected chi connectivity index (χ1v) is 10.9. The number of carbonyl (C=O) groups is 1. The number of ether oxygens (including phenoxy) is 2. The molecular weight excluding hydrogens is 420 g/mol. The summed E-state index contributed by atoms with van der Waals surface area (Å²) >= 11 is 0. The van der Waals surface area contributed by atoms with E-state index in [0.717, 1.165) is 42.9 Å². The Hall–Kier alpha value is -3.90. The number of hydrogen-bond donors (Lipinski definition) is 0. The summed E-state index contributed by atoms with van der Waals surface area (Å²) in [5, 5.41) is 9.12. The number of amides is 1. The molecule has 1 atom stereocenters. The monoisotopic (exact) mass is 444 g/mol. The van der Waals surface area contributed by atoms with Gasteiger partial charge in [-0.1, -0.05) is 6.07 Å². The number of fused-ring (bicyclic) bond motifs is 1. The maximum absolute atomic E-state index is 12.4. The van der Waals surface area contributed by atoms with Crippen LogP contribution in [0.4, 0.5) is 16.2 Å². The van der Waals surface area contributed by atoms with Gasteiger partial charge < -0.3 is 14.4 Å². The second kappa shape index (κ2) is 8.92. The first-order valence-electron chi connectivity index (χ1n) is 10.9. The zero-order valence-corrected chi connectivity index (χ0v) is 18.3. The van der Waals surface area contributed by atoms with Crippen molar-refractivity contribution in [2.45, 2.75) is 6.10 Å². The van der Waals surface area contributed by atoms with E-state index in [0.29, 0.717) is 30.2 Å². The molecule has 0 N–H and O–H groups in total. The predicted molar refractivity (Wildman–Crippen MR) is 124 cm³/mol. The Morgan fingerprint density at radius 2 is 2.03 bits per heavy atom. The SMILES string of the molecule is COc1ccc2nccc(N3CCN(CC4CN(c5cccc(C#N)c5)C(=O)O4)CC3)c2n1. The lowest BCUT2D eigenvalue weighted by atomic mass is 10.2. The molecule has 0 saturated carbocycles. The van der Waals surface area contributed by atoms with Crippen molar-refractivity contribution in [1.29, 1.82) is 5.26 Å². The lowest BCUT2D eigenvalue weighted by Gasteiger charge is -2.36. The van der Waals surface area contributed by atoms with Crippen LogP contribution in [0.2, 0.25) is 0 Å². The number of aromatic nitrogens is 2. The molecule has 1 amide bonds. The fraction of sp³-hybridized carbons (Fsp3) is 0.333. The molecule has 9 nitrogen and oxygen atoms in total. The smallest absolute Gasteiger partial charge is 0.414 e. The van der Waals surface area contributed by atoms with Gasteiger partial charge in [-0.25, -0.2) is 9.78 Å². The van der Waals surface area contributed by atoms with Crippen molar-refractivity contribution in [3.8, 4) is 11.9 Å². The fourth-order valence-corrected chi connectivity index (χ4v) is 4.39. The number of rotatable bonds is 5. The minimum absolute atomic E-state index is 0.206. The summed E-state index contributed by atoms with van der Waals surface area (Å²) in [7, 11) is 1.61. The fourth-order valence-electron chi connectivity index (χ4n) is 4.39. The van der Waals surface area contributed by atoms with Gasteiger partial charge in [-0.05, 0) is 30.3 Å². The van der Waals surface area contributed by atoms with Gasteiger partial charge in [-0.3, -0.25) is 14.8 Å². The molecule has 0 spiro atoms. The number of benzene rings is 1. The Balaban J connectivity index is 1.21. The minimum atomic E-state index is -0.364. The van der Waals surface area contributed by atoms with E-state index >= 15 is 0 Å². The van der Waals surface area contributed by atoms with Gasteiger partial charge in [0.15, 0.2) is 0 Å². The summed E-state index contributed by atoms with van der Waals surface area (Å²) in [5.74, 6) is 0.572. The number of hydrogen-bond acceptors (Lipinski definition) is 8. The van der Waals surface area contributed by atoms with Gasteiger partial charge in [-0.2, -0.15) is 5.26 Å². The Kier molecular flexibility index (Phi) is 5.67. The minimum Gasteiger partial charge on any atom is -0.481 e. The third-order valence-electron chi connectivity index (χ3n) is 6.08. The van der Waals surface area contributed by atoms with Crippen LogP contribution in [-0.4, -0.2) is 73.4 Å². The molecule has 4 heterocycles. The highest BCUT2D eigenvalue weighted by molar-refractivity contribution is 5.90. The van der Waals surface area contributed by atoms with Crippen LogP contribution in [0.5, 0.6) is 5.88 Å². The predicted octanol–water partition coefficient (Wildman–Crippen LogP) is 2.66. The number of pyridine rings is 2. The number of nitrogens with zero attached hydrogens (tertiary/aromatic N) is 6. The molecule has 0 bridgehead atoms. The second-order valence-corrected chi connectivity index (χ2v) is 8.12. The standard InChI is InChI=1S/C24H24N6O3/c1-32-22-6-5-20-23(27-22)21(7-8-26-20)29-11-9-28(10-12-29)15-19-16-30(24(31)33-19)18-4-2-3-17(13-18)14-25/h2-8,13,19H,9-12,15-16H2,1H3. The molecule has 2 fully saturated rings. The number of anilines is 2. The van der Waals surface area contributed by atoms with Gasteiger partial charge in [0.2, 0.25) is 5.88 Å². The van der Waals surface area contributed by atoms with Gasteiger partial charge in [0.25, 0.3) is 0 Å². The van der Waals surface area contributed by atoms with Gasteiger partial charge in [-0.15, -0.1) is 0 Å². The van der Waals surface area contributed by atoms with Crippen LogP contribution in [0, 0.1) is 11.3 Å². The molecule has 33 heavy (non-hydrogen) atoms. The quantitative estimate of drug-likeness (QED) is 0.593. The van der Waals surface area contributed by atoms with Gasteiger partial charge in [0.05, 0.1) is 36.5 Å². The molecule has 2 saturated heterocycles. The van der Waals surface area contributed by atoms with Crippen LogP contribution >= 0.6 is 0 Å². The number of methoxy groups -OCH3 is 1. The van der Waals surface area contributed by atoms with Crippen molar-refractivity contribution in [3.63, 3.8) is 0 Å². The van der Waals surface area contributed by atoms with E-state index in [9.17, 15) is 4.79 Å². The van der Waals surface area contributed by atoms with Crippen LogP contribution in [0.3, 0.4) is 0 Å². The normalized spacial score (nSPS) is 18.9. The van der Waals surface area contributed by atoms with E-state index in [1.54, 1.807) is 30.2 Å². The first kappa shape index (κ1) is 21.0. The van der Waals surface area contributed by atoms with Crippen molar-refractivity contribution in [1.82, 2.24) is 14.9 Å². The second-order valence-electron chi connectivity index (χ2n) is 8.12. The molecule has 0 radical (unpaired) electrons. The van der Waals surface area contributed by atoms with E-state index in [1.807, 2.05) is 30.5 Å². The molecule has 2 aliphatic heterocycles. The van der Waals surface area contributed by atoms with Crippen LogP contribution in [0.1, 0.15) is 5.56 Å². The number of nitriles is 1. The summed E-state index contributed by atoms with van der Waals surface area (Å²) in [6, 6.07) is 14.9. The van der Waals surface area contributed by atoms with E-state index in [1.165, 1.54) is 0 Å². The van der Waals surface area contributed by atoms with Crippen molar-refractivity contribution in [2.24, 2.45) is 0 Å². The third kappa shape index (κ3) is 4.25. The molecule has 2 aliphatic rings. The van der Waals surface area contributed by atoms with E-state index in [4.69, 9.17) is 14.7 Å². The zero-order valence-electron chi connectivity index (χ0n) is 18.3. The molecule has 3 aromatic rings. The van der Waals surface area contributed by atoms with Crippen LogP contribution in [0.15, 0.2) is 48.7 Å². The highest BCUT2D eigenvalue weighted by atomic mass is 16.6. The first-order chi connectivity index (χ1) is 16.1. The molecule has 9 heteroatoms. The van der Waals surface area contributed by atoms with E-state index in [-0.39, 0.29) is 12.2 Å². The topological polar surface area (TPSA) is 94.8 Å². The zero-order chi connectivity index (χ0) is 22.8. The molecule has 2 aromatic heterocycles. The summed E-state index contributed by atoms with van der Waals surface area (Å²) < 4.78 is 10.9. The van der Waals surface area contributed by atoms with Crippen molar-refractivity contribution in [2.75, 3.05) is 56.2 Å². The van der Waals surface area contributed by atoms with Crippen molar-refractivity contribution < 1.29 is 14.3 Å². The van der Waals surface area contributed by atoms with Gasteiger partial charge in [0.1, 0.15) is 11.6 Å². The number of cyclic esters (lactones) is 1. The summed E-state index contributed by atoms with van der Waals surface area (Å²) in [4.78, 5) is 27.7. The van der Waals surface area contributed by atoms with Gasteiger partial charge >= 0.3 is 6.09 Å². The lowest BCUT2D eigenvalue weighted by molar-refractivity contribution is 0.106. The highest BCUT2D eigenvalue weighted by Crippen LogP contribution is 2.27. The Morgan fingerprint density at radius 3 is 2.82 bits per heavy atom. The van der Waals surface area contributed by atoms with Crippen molar-refractivity contribution >= 4 is 28.5 Å². The van der Waals surface area contributed by atoms with Crippen LogP contribution in [0.25, 0.3) is 11.0 Å². The Labute approximate surface area is 191 Å². The maximum Gasteiger partial charge on any atom is 0.414 e. The highest BCUT2D eigenvalue weighted by Gasteiger charge is 2.34. The molecule has 5 rings (SSSR count). The number of carbonyl (C=O) groups excluding carboxylic acids is 1. The third-order valence-corrected chi connectivity index (χ3v) is 6.08. The largest absolute Gasteiger partial charge is 0.481 e. The average molecular weight is 444 g/mol. The Bertz CT molecular complexity index is 1220. The van der Waals surface area contributed by atoms with Crippen molar-refractivity contribution in [3.05, 3.63) is 54.2 Å². The maximum atomic E-state index is 12.4. The summed E-state index contributed by atoms with van der Waals surface area (Å²) in [6.07, 6.45) is 1.24. The van der Waals surface area contributed by atoms with Crippen LogP contribution < -0.4 is 14.5 Å². The molecule has 168 valence electrons. The summed E-state index contributed by atoms with van der Waals surface area (Å²) in [6.45, 7) is 4.54. The molecule has 1 aromatic carbocycles. The molecule has 1 unspecified atom stereocenters. The van der Waals surface area contributed by atoms with E-state index < -0.39 is 0 Å². The average Bonchev–Trinajstić information content (AvgIpc) is 3.23. The number of piperazine rings is 1. The van der Waals surface area contributed by atoms with Crippen LogP contribution in [-0.2, 0) is 4.74 Å². The molecular formula is C24H24N6O3. The lowest BCUT2D eigenvalue weighted by Crippen LogP contribution is -2.49.